The van der Waals surface area contributed by atoms with Crippen molar-refractivity contribution in [1.82, 2.24) is 0 Å². The Labute approximate surface area is 273 Å². The van der Waals surface area contributed by atoms with Crippen LogP contribution < -0.4 is 4.74 Å². The molecule has 2 heteroatoms. The fraction of sp³-hybridized carbons (Fsp3) is 0.0444. The minimum absolute atomic E-state index is 0.198. The van der Waals surface area contributed by atoms with E-state index in [9.17, 15) is 0 Å². The third-order valence-corrected chi connectivity index (χ3v) is 10.0. The number of hydrogen-bond acceptors (Lipinski definition) is 2. The first-order valence-corrected chi connectivity index (χ1v) is 16.3. The lowest BCUT2D eigenvalue weighted by Gasteiger charge is -2.32. The Morgan fingerprint density at radius 2 is 1.17 bits per heavy atom. The maximum Gasteiger partial charge on any atom is 0.133 e. The molecule has 2 aliphatic rings. The number of ether oxygens (including phenoxy) is 1. The molecule has 0 radical (unpaired) electrons. The van der Waals surface area contributed by atoms with Crippen LogP contribution in [-0.2, 0) is 0 Å². The van der Waals surface area contributed by atoms with E-state index in [1.54, 1.807) is 0 Å². The van der Waals surface area contributed by atoms with Crippen LogP contribution in [0.1, 0.15) is 29.0 Å². The summed E-state index contributed by atoms with van der Waals surface area (Å²) < 4.78 is 6.35. The summed E-state index contributed by atoms with van der Waals surface area (Å²) in [5.41, 5.74) is 10.7. The van der Waals surface area contributed by atoms with E-state index in [4.69, 9.17) is 9.73 Å². The van der Waals surface area contributed by atoms with Crippen LogP contribution in [-0.4, -0.2) is 5.71 Å². The number of benzene rings is 8. The molecule has 0 amide bonds. The monoisotopic (exact) mass is 599 g/mol. The zero-order chi connectivity index (χ0) is 30.9. The van der Waals surface area contributed by atoms with Crippen molar-refractivity contribution in [2.45, 2.75) is 12.3 Å². The molecule has 0 saturated heterocycles. The van der Waals surface area contributed by atoms with Gasteiger partial charge in [0, 0.05) is 29.2 Å². The Morgan fingerprint density at radius 3 is 2.06 bits per heavy atom. The third kappa shape index (κ3) is 4.01. The number of hydrogen-bond donors (Lipinski definition) is 0. The van der Waals surface area contributed by atoms with E-state index in [1.165, 1.54) is 65.7 Å². The maximum atomic E-state index is 6.35. The fourth-order valence-corrected chi connectivity index (χ4v) is 7.99. The lowest BCUT2D eigenvalue weighted by molar-refractivity contribution is 0.446. The Morgan fingerprint density at radius 1 is 0.489 bits per heavy atom. The standard InChI is InChI=1S/C45H29NO/c1-2-13-29(14-3-1)43-34-18-6-7-19-35(34)44(33-20-10-15-28-12-4-5-16-31(28)33)37-26-30(24-25-36(37)43)40-27-38-32-17-8-9-22-41(32)47-42-23-11-21-39(46-40)45(38)42/h1-26,38H,27H2. The molecular weight excluding hydrogens is 571 g/mol. The molecule has 8 aromatic rings. The highest BCUT2D eigenvalue weighted by Gasteiger charge is 2.34. The van der Waals surface area contributed by atoms with Crippen molar-refractivity contribution in [2.75, 3.05) is 0 Å². The van der Waals surface area contributed by atoms with Crippen LogP contribution in [0.15, 0.2) is 163 Å². The summed E-state index contributed by atoms with van der Waals surface area (Å²) >= 11 is 0. The van der Waals surface area contributed by atoms with E-state index < -0.39 is 0 Å². The van der Waals surface area contributed by atoms with Crippen LogP contribution in [0.2, 0.25) is 0 Å². The molecule has 47 heavy (non-hydrogen) atoms. The van der Waals surface area contributed by atoms with Gasteiger partial charge in [-0.2, -0.15) is 0 Å². The molecule has 0 aromatic heterocycles. The number of nitrogens with zero attached hydrogens (tertiary/aromatic N) is 1. The molecule has 1 atom stereocenters. The van der Waals surface area contributed by atoms with Gasteiger partial charge < -0.3 is 4.74 Å². The van der Waals surface area contributed by atoms with Gasteiger partial charge in [0.05, 0.1) is 5.69 Å². The van der Waals surface area contributed by atoms with Crippen molar-refractivity contribution in [2.24, 2.45) is 4.99 Å². The van der Waals surface area contributed by atoms with Gasteiger partial charge in [-0.3, -0.25) is 4.99 Å². The first kappa shape index (κ1) is 26.2. The summed E-state index contributed by atoms with van der Waals surface area (Å²) in [5.74, 6) is 2.06. The Balaban J connectivity index is 1.28. The van der Waals surface area contributed by atoms with E-state index in [-0.39, 0.29) is 5.92 Å². The van der Waals surface area contributed by atoms with Crippen LogP contribution >= 0.6 is 0 Å². The average molecular weight is 600 g/mol. The van der Waals surface area contributed by atoms with Crippen molar-refractivity contribution >= 4 is 43.7 Å². The predicted molar refractivity (Wildman–Crippen MR) is 195 cm³/mol. The van der Waals surface area contributed by atoms with Gasteiger partial charge in [-0.25, -0.2) is 0 Å². The minimum Gasteiger partial charge on any atom is -0.457 e. The molecule has 8 aromatic carbocycles. The largest absolute Gasteiger partial charge is 0.457 e. The van der Waals surface area contributed by atoms with Crippen molar-refractivity contribution in [3.05, 3.63) is 174 Å². The smallest absolute Gasteiger partial charge is 0.133 e. The molecule has 2 aliphatic heterocycles. The predicted octanol–water partition coefficient (Wildman–Crippen LogP) is 12.2. The quantitative estimate of drug-likeness (QED) is 0.185. The van der Waals surface area contributed by atoms with E-state index in [2.05, 4.69) is 158 Å². The Kier molecular flexibility index (Phi) is 5.73. The molecule has 0 bridgehead atoms. The summed E-state index contributed by atoms with van der Waals surface area (Å²) in [5, 5.41) is 7.51. The fourth-order valence-electron chi connectivity index (χ4n) is 7.99. The van der Waals surface area contributed by atoms with E-state index in [0.717, 1.165) is 34.9 Å². The molecule has 0 N–H and O–H groups in total. The van der Waals surface area contributed by atoms with E-state index >= 15 is 0 Å². The molecule has 0 saturated carbocycles. The topological polar surface area (TPSA) is 21.6 Å². The lowest BCUT2D eigenvalue weighted by Crippen LogP contribution is -2.18. The summed E-state index contributed by atoms with van der Waals surface area (Å²) in [4.78, 5) is 5.32. The Hall–Kier alpha value is -5.99. The highest BCUT2D eigenvalue weighted by molar-refractivity contribution is 6.24. The van der Waals surface area contributed by atoms with E-state index in [0.29, 0.717) is 0 Å². The van der Waals surface area contributed by atoms with Crippen LogP contribution in [0.4, 0.5) is 5.69 Å². The molecule has 10 rings (SSSR count). The van der Waals surface area contributed by atoms with Gasteiger partial charge in [0.15, 0.2) is 0 Å². The van der Waals surface area contributed by atoms with Gasteiger partial charge in [0.1, 0.15) is 11.5 Å². The van der Waals surface area contributed by atoms with Crippen molar-refractivity contribution < 1.29 is 4.74 Å². The second kappa shape index (κ2) is 10.3. The second-order valence-electron chi connectivity index (χ2n) is 12.6. The minimum atomic E-state index is 0.198. The zero-order valence-corrected chi connectivity index (χ0v) is 25.7. The molecule has 2 nitrogen and oxygen atoms in total. The molecular formula is C45H29NO. The van der Waals surface area contributed by atoms with Gasteiger partial charge in [-0.15, -0.1) is 0 Å². The van der Waals surface area contributed by atoms with Crippen LogP contribution in [0.3, 0.4) is 0 Å². The maximum absolute atomic E-state index is 6.35. The number of fused-ring (bicyclic) bond motifs is 5. The van der Waals surface area contributed by atoms with E-state index in [1.807, 2.05) is 0 Å². The number of aliphatic imine (C=N–C) groups is 1. The highest BCUT2D eigenvalue weighted by Crippen LogP contribution is 2.52. The molecule has 0 fully saturated rings. The second-order valence-corrected chi connectivity index (χ2v) is 12.6. The summed E-state index contributed by atoms with van der Waals surface area (Å²) in [7, 11) is 0. The van der Waals surface area contributed by atoms with Gasteiger partial charge in [-0.05, 0) is 84.4 Å². The normalized spacial score (nSPS) is 14.8. The molecule has 0 aliphatic carbocycles. The van der Waals surface area contributed by atoms with Crippen molar-refractivity contribution in [1.29, 1.82) is 0 Å². The third-order valence-electron chi connectivity index (χ3n) is 10.0. The average Bonchev–Trinajstić information content (AvgIpc) is 3.14. The summed E-state index contributed by atoms with van der Waals surface area (Å²) in [6.45, 7) is 0. The van der Waals surface area contributed by atoms with Crippen LogP contribution in [0.25, 0.3) is 54.6 Å². The van der Waals surface area contributed by atoms with Gasteiger partial charge in [0.25, 0.3) is 0 Å². The first-order valence-electron chi connectivity index (χ1n) is 16.3. The van der Waals surface area contributed by atoms with Gasteiger partial charge in [-0.1, -0.05) is 133 Å². The highest BCUT2D eigenvalue weighted by atomic mass is 16.5. The molecule has 220 valence electrons. The van der Waals surface area contributed by atoms with Crippen molar-refractivity contribution in [3.8, 4) is 33.8 Å². The molecule has 2 heterocycles. The summed E-state index contributed by atoms with van der Waals surface area (Å²) in [6, 6.07) is 56.9. The lowest BCUT2D eigenvalue weighted by atomic mass is 9.79. The summed E-state index contributed by atoms with van der Waals surface area (Å²) in [6.07, 6.45) is 0.818. The van der Waals surface area contributed by atoms with Crippen LogP contribution in [0, 0.1) is 0 Å². The van der Waals surface area contributed by atoms with Crippen LogP contribution in [0.5, 0.6) is 11.5 Å². The number of para-hydroxylation sites is 1. The van der Waals surface area contributed by atoms with Gasteiger partial charge >= 0.3 is 0 Å². The van der Waals surface area contributed by atoms with Gasteiger partial charge in [0.2, 0.25) is 0 Å². The van der Waals surface area contributed by atoms with Crippen molar-refractivity contribution in [3.63, 3.8) is 0 Å². The molecule has 1 unspecified atom stereocenters. The number of rotatable bonds is 3. The molecule has 0 spiro atoms. The Bertz CT molecular complexity index is 2570. The SMILES string of the molecule is c1ccc(-c2c3ccccc3c(-c3cccc4ccccc34)c3cc(C4=Nc5cccc6c5C(C4)c4ccccc4O6)ccc23)cc1. The first-order chi connectivity index (χ1) is 23.3. The zero-order valence-electron chi connectivity index (χ0n) is 25.7.